The molecule has 0 saturated heterocycles. The first kappa shape index (κ1) is 14.8. The summed E-state index contributed by atoms with van der Waals surface area (Å²) >= 11 is 2.17. The first-order valence-corrected chi connectivity index (χ1v) is 7.11. The second kappa shape index (κ2) is 6.69. The van der Waals surface area contributed by atoms with Gasteiger partial charge >= 0.3 is 0 Å². The van der Waals surface area contributed by atoms with E-state index < -0.39 is 6.10 Å². The van der Waals surface area contributed by atoms with Crippen LogP contribution in [0.4, 0.5) is 10.1 Å². The molecule has 5 heteroatoms. The monoisotopic (exact) mass is 385 g/mol. The fourth-order valence-corrected chi connectivity index (χ4v) is 2.12. The second-order valence-corrected chi connectivity index (χ2v) is 5.46. The minimum atomic E-state index is -0.668. The molecule has 2 rings (SSSR count). The van der Waals surface area contributed by atoms with Gasteiger partial charge in [0.1, 0.15) is 11.6 Å². The lowest BCUT2D eigenvalue weighted by Crippen LogP contribution is -2.30. The molecule has 0 unspecified atom stereocenters. The van der Waals surface area contributed by atoms with Crippen LogP contribution in [0.2, 0.25) is 0 Å². The number of hydrogen-bond donors (Lipinski definition) is 1. The Kier molecular flexibility index (Phi) is 4.94. The first-order valence-electron chi connectivity index (χ1n) is 6.03. The normalized spacial score (nSPS) is 11.8. The fraction of sp³-hybridized carbons (Fsp3) is 0.133. The van der Waals surface area contributed by atoms with Gasteiger partial charge in [0.2, 0.25) is 0 Å². The molecule has 0 aliphatic rings. The Hall–Kier alpha value is -1.63. The van der Waals surface area contributed by atoms with E-state index >= 15 is 0 Å². The van der Waals surface area contributed by atoms with Gasteiger partial charge in [-0.2, -0.15) is 0 Å². The van der Waals surface area contributed by atoms with Crippen LogP contribution in [0.3, 0.4) is 0 Å². The maximum Gasteiger partial charge on any atom is 0.265 e. The number of hydrogen-bond acceptors (Lipinski definition) is 2. The minimum Gasteiger partial charge on any atom is -0.481 e. The van der Waals surface area contributed by atoms with Crippen molar-refractivity contribution in [3.63, 3.8) is 0 Å². The highest BCUT2D eigenvalue weighted by Gasteiger charge is 2.14. The average molecular weight is 385 g/mol. The van der Waals surface area contributed by atoms with Gasteiger partial charge in [0.25, 0.3) is 5.91 Å². The highest BCUT2D eigenvalue weighted by Crippen LogP contribution is 2.15. The van der Waals surface area contributed by atoms with Gasteiger partial charge in [-0.1, -0.05) is 6.07 Å². The lowest BCUT2D eigenvalue weighted by atomic mass is 10.3. The summed E-state index contributed by atoms with van der Waals surface area (Å²) < 4.78 is 19.3. The number of nitrogens with one attached hydrogen (secondary N) is 1. The molecule has 1 atom stereocenters. The Morgan fingerprint density at radius 3 is 2.60 bits per heavy atom. The molecule has 0 bridgehead atoms. The van der Waals surface area contributed by atoms with Crippen LogP contribution in [0.25, 0.3) is 0 Å². The zero-order chi connectivity index (χ0) is 14.5. The highest BCUT2D eigenvalue weighted by atomic mass is 127. The molecule has 0 fully saturated rings. The molecule has 0 heterocycles. The Morgan fingerprint density at radius 1 is 1.25 bits per heavy atom. The number of halogens is 2. The Labute approximate surface area is 130 Å². The van der Waals surface area contributed by atoms with Crippen LogP contribution >= 0.6 is 22.6 Å². The highest BCUT2D eigenvalue weighted by molar-refractivity contribution is 14.1. The van der Waals surface area contributed by atoms with E-state index in [2.05, 4.69) is 27.9 Å². The van der Waals surface area contributed by atoms with Crippen molar-refractivity contribution in [2.45, 2.75) is 13.0 Å². The summed E-state index contributed by atoms with van der Waals surface area (Å²) in [5, 5.41) is 2.77. The quantitative estimate of drug-likeness (QED) is 0.813. The predicted octanol–water partition coefficient (Wildman–Crippen LogP) is 3.84. The summed E-state index contributed by atoms with van der Waals surface area (Å²) in [6, 6.07) is 13.0. The fourth-order valence-electron chi connectivity index (χ4n) is 1.58. The third-order valence-corrected chi connectivity index (χ3v) is 3.26. The number of benzene rings is 2. The van der Waals surface area contributed by atoms with Crippen molar-refractivity contribution in [3.05, 3.63) is 57.9 Å². The lowest BCUT2D eigenvalue weighted by molar-refractivity contribution is -0.122. The van der Waals surface area contributed by atoms with Gasteiger partial charge in [-0.15, -0.1) is 0 Å². The zero-order valence-electron chi connectivity index (χ0n) is 10.8. The molecule has 1 amide bonds. The van der Waals surface area contributed by atoms with Gasteiger partial charge in [-0.25, -0.2) is 4.39 Å². The standard InChI is InChI=1S/C15H13FINO2/c1-10(20-14-7-5-11(16)6-8-14)15(19)18-13-4-2-3-12(17)9-13/h2-10H,1H3,(H,18,19)/t10-/m0/s1. The second-order valence-electron chi connectivity index (χ2n) is 4.21. The Balaban J connectivity index is 1.96. The van der Waals surface area contributed by atoms with E-state index in [1.165, 1.54) is 24.3 Å². The number of carbonyl (C=O) groups is 1. The maximum absolute atomic E-state index is 12.8. The molecular weight excluding hydrogens is 372 g/mol. The van der Waals surface area contributed by atoms with Gasteiger partial charge in [0.15, 0.2) is 6.10 Å². The van der Waals surface area contributed by atoms with E-state index in [9.17, 15) is 9.18 Å². The molecule has 2 aromatic carbocycles. The average Bonchev–Trinajstić information content (AvgIpc) is 2.41. The molecule has 0 aliphatic carbocycles. The first-order chi connectivity index (χ1) is 9.54. The van der Waals surface area contributed by atoms with Gasteiger partial charge in [-0.3, -0.25) is 4.79 Å². The SMILES string of the molecule is C[C@H](Oc1ccc(F)cc1)C(=O)Nc1cccc(I)c1. The van der Waals surface area contributed by atoms with E-state index in [-0.39, 0.29) is 11.7 Å². The van der Waals surface area contributed by atoms with E-state index in [1.54, 1.807) is 6.92 Å². The molecule has 2 aromatic rings. The third kappa shape index (κ3) is 4.19. The van der Waals surface area contributed by atoms with Crippen molar-refractivity contribution in [2.24, 2.45) is 0 Å². The van der Waals surface area contributed by atoms with Crippen LogP contribution in [0.1, 0.15) is 6.92 Å². The van der Waals surface area contributed by atoms with E-state index in [4.69, 9.17) is 4.74 Å². The van der Waals surface area contributed by atoms with Crippen molar-refractivity contribution in [2.75, 3.05) is 5.32 Å². The molecule has 0 aliphatic heterocycles. The Morgan fingerprint density at radius 2 is 1.95 bits per heavy atom. The van der Waals surface area contributed by atoms with Crippen LogP contribution in [-0.4, -0.2) is 12.0 Å². The van der Waals surface area contributed by atoms with Crippen molar-refractivity contribution < 1.29 is 13.9 Å². The van der Waals surface area contributed by atoms with E-state index in [0.717, 1.165) is 9.26 Å². The number of amides is 1. The van der Waals surface area contributed by atoms with Crippen LogP contribution in [0.15, 0.2) is 48.5 Å². The van der Waals surface area contributed by atoms with Crippen molar-refractivity contribution in [1.29, 1.82) is 0 Å². The lowest BCUT2D eigenvalue weighted by Gasteiger charge is -2.14. The van der Waals surface area contributed by atoms with Crippen LogP contribution < -0.4 is 10.1 Å². The summed E-state index contributed by atoms with van der Waals surface area (Å²) in [7, 11) is 0. The van der Waals surface area contributed by atoms with Crippen LogP contribution in [-0.2, 0) is 4.79 Å². The summed E-state index contributed by atoms with van der Waals surface area (Å²) in [5.41, 5.74) is 0.719. The number of anilines is 1. The van der Waals surface area contributed by atoms with Crippen molar-refractivity contribution in [1.82, 2.24) is 0 Å². The topological polar surface area (TPSA) is 38.3 Å². The summed E-state index contributed by atoms with van der Waals surface area (Å²) in [6.07, 6.45) is -0.668. The minimum absolute atomic E-state index is 0.253. The smallest absolute Gasteiger partial charge is 0.265 e. The maximum atomic E-state index is 12.8. The van der Waals surface area contributed by atoms with Gasteiger partial charge < -0.3 is 10.1 Å². The Bertz CT molecular complexity index is 601. The van der Waals surface area contributed by atoms with Crippen molar-refractivity contribution >= 4 is 34.2 Å². The molecule has 0 spiro atoms. The molecule has 1 N–H and O–H groups in total. The molecule has 3 nitrogen and oxygen atoms in total. The van der Waals surface area contributed by atoms with E-state index in [1.807, 2.05) is 24.3 Å². The summed E-state index contributed by atoms with van der Waals surface area (Å²) in [6.45, 7) is 1.65. The summed E-state index contributed by atoms with van der Waals surface area (Å²) in [4.78, 5) is 12.0. The van der Waals surface area contributed by atoms with Crippen molar-refractivity contribution in [3.8, 4) is 5.75 Å². The number of ether oxygens (including phenoxy) is 1. The largest absolute Gasteiger partial charge is 0.481 e. The zero-order valence-corrected chi connectivity index (χ0v) is 12.9. The molecule has 0 radical (unpaired) electrons. The van der Waals surface area contributed by atoms with Gasteiger partial charge in [0.05, 0.1) is 0 Å². The molecule has 104 valence electrons. The molecular formula is C15H13FINO2. The van der Waals surface area contributed by atoms with Crippen LogP contribution in [0, 0.1) is 9.39 Å². The van der Waals surface area contributed by atoms with E-state index in [0.29, 0.717) is 5.75 Å². The number of rotatable bonds is 4. The van der Waals surface area contributed by atoms with Gasteiger partial charge in [0, 0.05) is 9.26 Å². The molecule has 0 saturated carbocycles. The number of carbonyl (C=O) groups excluding carboxylic acids is 1. The van der Waals surface area contributed by atoms with Crippen LogP contribution in [0.5, 0.6) is 5.75 Å². The summed E-state index contributed by atoms with van der Waals surface area (Å²) in [5.74, 6) is -0.138. The molecule has 20 heavy (non-hydrogen) atoms. The third-order valence-electron chi connectivity index (χ3n) is 2.59. The van der Waals surface area contributed by atoms with Gasteiger partial charge in [-0.05, 0) is 72.0 Å². The predicted molar refractivity (Wildman–Crippen MR) is 84.3 cm³/mol. The molecule has 0 aromatic heterocycles.